The number of allylic oxidation sites excluding steroid dienone is 1. The van der Waals surface area contributed by atoms with Crippen molar-refractivity contribution in [2.75, 3.05) is 34.0 Å². The van der Waals surface area contributed by atoms with Crippen LogP contribution in [0.15, 0.2) is 34.5 Å². The Kier molecular flexibility index (Phi) is 7.26. The number of methoxy groups -OCH3 is 2. The van der Waals surface area contributed by atoms with E-state index in [4.69, 9.17) is 18.9 Å². The fraction of sp³-hybridized carbons (Fsp3) is 0.522. The van der Waals surface area contributed by atoms with Crippen LogP contribution in [0.2, 0.25) is 0 Å². The van der Waals surface area contributed by atoms with Gasteiger partial charge in [-0.2, -0.15) is 0 Å². The summed E-state index contributed by atoms with van der Waals surface area (Å²) >= 11 is 0. The van der Waals surface area contributed by atoms with Crippen molar-refractivity contribution < 1.29 is 28.5 Å². The van der Waals surface area contributed by atoms with Gasteiger partial charge in [0.05, 0.1) is 32.3 Å². The Bertz CT molecular complexity index is 872. The first-order chi connectivity index (χ1) is 14.5. The minimum Gasteiger partial charge on any atom is -0.493 e. The van der Waals surface area contributed by atoms with E-state index in [1.165, 1.54) is 0 Å². The average Bonchev–Trinajstić information content (AvgIpc) is 2.75. The van der Waals surface area contributed by atoms with Gasteiger partial charge < -0.3 is 18.9 Å². The van der Waals surface area contributed by atoms with Gasteiger partial charge in [0.15, 0.2) is 11.5 Å². The summed E-state index contributed by atoms with van der Waals surface area (Å²) in [5.74, 6) is -0.161. The van der Waals surface area contributed by atoms with Gasteiger partial charge in [-0.05, 0) is 44.4 Å². The number of aliphatic imine (C=N–C) groups is 1. The third kappa shape index (κ3) is 4.41. The lowest BCUT2D eigenvalue weighted by Crippen LogP contribution is -2.39. The van der Waals surface area contributed by atoms with Gasteiger partial charge in [-0.25, -0.2) is 4.79 Å². The second-order valence-electron chi connectivity index (χ2n) is 7.32. The highest BCUT2D eigenvalue weighted by Crippen LogP contribution is 2.44. The van der Waals surface area contributed by atoms with E-state index in [1.54, 1.807) is 27.2 Å². The van der Waals surface area contributed by atoms with E-state index in [2.05, 4.69) is 4.99 Å². The quantitative estimate of drug-likeness (QED) is 0.478. The number of hydrogen-bond donors (Lipinski definition) is 0. The molecule has 1 aromatic rings. The summed E-state index contributed by atoms with van der Waals surface area (Å²) in [6.45, 7) is 4.71. The van der Waals surface area contributed by atoms with E-state index in [1.807, 2.05) is 19.1 Å². The van der Waals surface area contributed by atoms with Crippen LogP contribution < -0.4 is 9.47 Å². The third-order valence-electron chi connectivity index (χ3n) is 5.56. The number of esters is 1. The highest BCUT2D eigenvalue weighted by Gasteiger charge is 2.44. The molecule has 2 atom stereocenters. The molecule has 1 heterocycles. The van der Waals surface area contributed by atoms with Gasteiger partial charge in [0.2, 0.25) is 0 Å². The van der Waals surface area contributed by atoms with Crippen LogP contribution >= 0.6 is 0 Å². The standard InChI is InChI=1S/C23H29NO6/c1-5-29-11-12-30-23(26)20-14(2)24-16-7-6-8-17(25)22(16)21(20)15-9-10-18(27-3)19(13-15)28-4/h9-10,13,21-22H,5-8,11-12H2,1-4H3. The molecule has 7 nitrogen and oxygen atoms in total. The van der Waals surface area contributed by atoms with Crippen LogP contribution in [-0.4, -0.2) is 51.5 Å². The van der Waals surface area contributed by atoms with Crippen LogP contribution in [0, 0.1) is 5.92 Å². The predicted molar refractivity (Wildman–Crippen MR) is 112 cm³/mol. The highest BCUT2D eigenvalue weighted by molar-refractivity contribution is 6.11. The van der Waals surface area contributed by atoms with Crippen LogP contribution in [0.25, 0.3) is 0 Å². The third-order valence-corrected chi connectivity index (χ3v) is 5.56. The smallest absolute Gasteiger partial charge is 0.336 e. The van der Waals surface area contributed by atoms with Crippen molar-refractivity contribution in [1.82, 2.24) is 0 Å². The van der Waals surface area contributed by atoms with Crippen molar-refractivity contribution in [3.05, 3.63) is 35.0 Å². The summed E-state index contributed by atoms with van der Waals surface area (Å²) in [5.41, 5.74) is 2.66. The summed E-state index contributed by atoms with van der Waals surface area (Å²) in [6, 6.07) is 5.49. The molecular weight excluding hydrogens is 386 g/mol. The van der Waals surface area contributed by atoms with Crippen molar-refractivity contribution in [2.24, 2.45) is 10.9 Å². The monoisotopic (exact) mass is 415 g/mol. The second kappa shape index (κ2) is 9.89. The minimum atomic E-state index is -0.468. The van der Waals surface area contributed by atoms with Crippen molar-refractivity contribution in [3.8, 4) is 11.5 Å². The lowest BCUT2D eigenvalue weighted by atomic mass is 9.69. The van der Waals surface area contributed by atoms with Crippen molar-refractivity contribution in [3.63, 3.8) is 0 Å². The van der Waals surface area contributed by atoms with Gasteiger partial charge in [0, 0.05) is 30.4 Å². The van der Waals surface area contributed by atoms with E-state index in [0.717, 1.165) is 24.1 Å². The molecule has 0 spiro atoms. The lowest BCUT2D eigenvalue weighted by molar-refractivity contribution is -0.141. The maximum atomic E-state index is 13.0. The molecule has 2 aliphatic rings. The summed E-state index contributed by atoms with van der Waals surface area (Å²) in [5, 5.41) is 0. The van der Waals surface area contributed by atoms with Crippen molar-refractivity contribution in [1.29, 1.82) is 0 Å². The molecule has 0 N–H and O–H groups in total. The Hall–Kier alpha value is -2.67. The number of fused-ring (bicyclic) bond motifs is 1. The van der Waals surface area contributed by atoms with E-state index in [-0.39, 0.29) is 12.4 Å². The van der Waals surface area contributed by atoms with Crippen LogP contribution in [0.1, 0.15) is 44.6 Å². The van der Waals surface area contributed by atoms with Gasteiger partial charge in [-0.3, -0.25) is 9.79 Å². The van der Waals surface area contributed by atoms with Gasteiger partial charge >= 0.3 is 5.97 Å². The topological polar surface area (TPSA) is 83.4 Å². The lowest BCUT2D eigenvalue weighted by Gasteiger charge is -2.35. The Balaban J connectivity index is 2.03. The molecule has 1 aliphatic heterocycles. The number of benzene rings is 1. The molecule has 0 radical (unpaired) electrons. The van der Waals surface area contributed by atoms with Crippen LogP contribution in [-0.2, 0) is 19.1 Å². The highest BCUT2D eigenvalue weighted by atomic mass is 16.6. The zero-order chi connectivity index (χ0) is 21.7. The Labute approximate surface area is 177 Å². The zero-order valence-corrected chi connectivity index (χ0v) is 18.0. The number of Topliss-reactive ketones (excluding diaryl/α,β-unsaturated/α-hetero) is 1. The van der Waals surface area contributed by atoms with E-state index >= 15 is 0 Å². The number of carbonyl (C=O) groups is 2. The fourth-order valence-electron chi connectivity index (χ4n) is 4.21. The van der Waals surface area contributed by atoms with Crippen LogP contribution in [0.5, 0.6) is 11.5 Å². The minimum absolute atomic E-state index is 0.104. The SMILES string of the molecule is CCOCCOC(=O)C1=C(C)N=C2CCCC(=O)C2C1c1ccc(OC)c(OC)c1. The molecule has 1 aliphatic carbocycles. The first-order valence-electron chi connectivity index (χ1n) is 10.3. The molecular formula is C23H29NO6. The fourth-order valence-corrected chi connectivity index (χ4v) is 4.21. The molecule has 2 unspecified atom stereocenters. The molecule has 3 rings (SSSR count). The molecule has 1 fully saturated rings. The van der Waals surface area contributed by atoms with E-state index < -0.39 is 17.8 Å². The summed E-state index contributed by atoms with van der Waals surface area (Å²) in [6.07, 6.45) is 2.03. The number of ketones is 1. The molecule has 0 saturated heterocycles. The summed E-state index contributed by atoms with van der Waals surface area (Å²) < 4.78 is 21.5. The van der Waals surface area contributed by atoms with Crippen LogP contribution in [0.4, 0.5) is 0 Å². The molecule has 0 amide bonds. The predicted octanol–water partition coefficient (Wildman–Crippen LogP) is 3.46. The Morgan fingerprint density at radius 2 is 1.87 bits per heavy atom. The van der Waals surface area contributed by atoms with Crippen LogP contribution in [0.3, 0.4) is 0 Å². The molecule has 7 heteroatoms. The average molecular weight is 415 g/mol. The number of hydrogen-bond acceptors (Lipinski definition) is 7. The number of nitrogens with zero attached hydrogens (tertiary/aromatic N) is 1. The van der Waals surface area contributed by atoms with Crippen molar-refractivity contribution in [2.45, 2.75) is 39.0 Å². The number of rotatable bonds is 8. The van der Waals surface area contributed by atoms with Gasteiger partial charge in [0.1, 0.15) is 12.4 Å². The van der Waals surface area contributed by atoms with E-state index in [9.17, 15) is 9.59 Å². The van der Waals surface area contributed by atoms with Crippen molar-refractivity contribution >= 4 is 17.5 Å². The maximum absolute atomic E-state index is 13.0. The number of ether oxygens (including phenoxy) is 4. The van der Waals surface area contributed by atoms with Gasteiger partial charge in [-0.15, -0.1) is 0 Å². The first-order valence-corrected chi connectivity index (χ1v) is 10.3. The second-order valence-corrected chi connectivity index (χ2v) is 7.32. The largest absolute Gasteiger partial charge is 0.493 e. The first kappa shape index (κ1) is 22.0. The Morgan fingerprint density at radius 3 is 2.57 bits per heavy atom. The van der Waals surface area contributed by atoms with E-state index in [0.29, 0.717) is 42.4 Å². The zero-order valence-electron chi connectivity index (χ0n) is 18.0. The number of carbonyl (C=O) groups excluding carboxylic acids is 2. The molecule has 1 aromatic carbocycles. The summed E-state index contributed by atoms with van der Waals surface area (Å²) in [4.78, 5) is 30.6. The molecule has 1 saturated carbocycles. The summed E-state index contributed by atoms with van der Waals surface area (Å²) in [7, 11) is 3.13. The normalized spacial score (nSPS) is 21.1. The molecule has 30 heavy (non-hydrogen) atoms. The Morgan fingerprint density at radius 1 is 1.10 bits per heavy atom. The van der Waals surface area contributed by atoms with Gasteiger partial charge in [0.25, 0.3) is 0 Å². The molecule has 0 aromatic heterocycles. The molecule has 0 bridgehead atoms. The maximum Gasteiger partial charge on any atom is 0.336 e. The van der Waals surface area contributed by atoms with Gasteiger partial charge in [-0.1, -0.05) is 6.07 Å². The molecule has 162 valence electrons.